The Kier molecular flexibility index (Phi) is 4.80. The fourth-order valence-electron chi connectivity index (χ4n) is 1.73. The van der Waals surface area contributed by atoms with Crippen molar-refractivity contribution in [1.29, 1.82) is 0 Å². The standard InChI is InChI=1S/C13H15N3O4/c1-19-7-6-14-9-13-15-8-12(20-13)10-4-2-3-5-11(10)16(17)18/h2-5,8,14H,6-7,9H2,1H3. The molecule has 0 unspecified atom stereocenters. The van der Waals surface area contributed by atoms with E-state index in [2.05, 4.69) is 10.3 Å². The number of hydrogen-bond donors (Lipinski definition) is 1. The summed E-state index contributed by atoms with van der Waals surface area (Å²) in [5, 5.41) is 14.1. The molecule has 7 heteroatoms. The van der Waals surface area contributed by atoms with Crippen molar-refractivity contribution in [2.75, 3.05) is 20.3 Å². The second-order valence-electron chi connectivity index (χ2n) is 4.06. The summed E-state index contributed by atoms with van der Waals surface area (Å²) in [6, 6.07) is 6.42. The Hall–Kier alpha value is -2.25. The van der Waals surface area contributed by atoms with Crippen LogP contribution in [-0.4, -0.2) is 30.2 Å². The largest absolute Gasteiger partial charge is 0.439 e. The van der Waals surface area contributed by atoms with Crippen molar-refractivity contribution in [1.82, 2.24) is 10.3 Å². The number of nitrogens with zero attached hydrogens (tertiary/aromatic N) is 2. The number of aromatic nitrogens is 1. The second-order valence-corrected chi connectivity index (χ2v) is 4.06. The SMILES string of the molecule is COCCNCc1ncc(-c2ccccc2[N+](=O)[O-])o1. The minimum atomic E-state index is -0.436. The van der Waals surface area contributed by atoms with Crippen LogP contribution in [0.5, 0.6) is 0 Å². The minimum absolute atomic E-state index is 0.00235. The lowest BCUT2D eigenvalue weighted by molar-refractivity contribution is -0.384. The Bertz CT molecular complexity index is 583. The molecule has 7 nitrogen and oxygen atoms in total. The molecule has 20 heavy (non-hydrogen) atoms. The first-order valence-corrected chi connectivity index (χ1v) is 6.10. The van der Waals surface area contributed by atoms with Gasteiger partial charge in [-0.3, -0.25) is 10.1 Å². The van der Waals surface area contributed by atoms with E-state index >= 15 is 0 Å². The van der Waals surface area contributed by atoms with E-state index in [1.165, 1.54) is 12.3 Å². The number of para-hydroxylation sites is 1. The minimum Gasteiger partial charge on any atom is -0.439 e. The van der Waals surface area contributed by atoms with Gasteiger partial charge in [0.15, 0.2) is 5.76 Å². The number of hydrogen-bond acceptors (Lipinski definition) is 6. The van der Waals surface area contributed by atoms with Crippen LogP contribution in [0.15, 0.2) is 34.9 Å². The predicted octanol–water partition coefficient (Wildman–Crippen LogP) is 1.99. The number of oxazole rings is 1. The van der Waals surface area contributed by atoms with Crippen LogP contribution in [-0.2, 0) is 11.3 Å². The third-order valence-corrected chi connectivity index (χ3v) is 2.68. The lowest BCUT2D eigenvalue weighted by Gasteiger charge is -2.00. The van der Waals surface area contributed by atoms with E-state index in [1.807, 2.05) is 0 Å². The summed E-state index contributed by atoms with van der Waals surface area (Å²) in [6.07, 6.45) is 1.50. The molecule has 2 aromatic rings. The fourth-order valence-corrected chi connectivity index (χ4v) is 1.73. The van der Waals surface area contributed by atoms with E-state index in [0.29, 0.717) is 36.9 Å². The summed E-state index contributed by atoms with van der Waals surface area (Å²) in [4.78, 5) is 14.6. The summed E-state index contributed by atoms with van der Waals surface area (Å²) in [7, 11) is 1.62. The smallest absolute Gasteiger partial charge is 0.280 e. The molecule has 106 valence electrons. The highest BCUT2D eigenvalue weighted by Gasteiger charge is 2.17. The summed E-state index contributed by atoms with van der Waals surface area (Å²) >= 11 is 0. The first kappa shape index (κ1) is 14.2. The number of nitrogens with one attached hydrogen (secondary N) is 1. The van der Waals surface area contributed by atoms with Gasteiger partial charge in [0.2, 0.25) is 5.89 Å². The van der Waals surface area contributed by atoms with Gasteiger partial charge in [0.1, 0.15) is 0 Å². The predicted molar refractivity (Wildman–Crippen MR) is 72.2 cm³/mol. The van der Waals surface area contributed by atoms with Crippen LogP contribution in [0.1, 0.15) is 5.89 Å². The molecule has 0 aliphatic rings. The Labute approximate surface area is 115 Å². The molecule has 0 atom stereocenters. The maximum absolute atomic E-state index is 11.0. The number of nitro benzene ring substituents is 1. The molecule has 0 saturated carbocycles. The van der Waals surface area contributed by atoms with Crippen molar-refractivity contribution in [2.45, 2.75) is 6.54 Å². The van der Waals surface area contributed by atoms with Crippen molar-refractivity contribution >= 4 is 5.69 Å². The third kappa shape index (κ3) is 3.40. The Morgan fingerprint density at radius 3 is 3.00 bits per heavy atom. The van der Waals surface area contributed by atoms with Crippen LogP contribution in [0.2, 0.25) is 0 Å². The van der Waals surface area contributed by atoms with Crippen molar-refractivity contribution in [3.63, 3.8) is 0 Å². The summed E-state index contributed by atoms with van der Waals surface area (Å²) in [5.41, 5.74) is 0.427. The van der Waals surface area contributed by atoms with E-state index in [4.69, 9.17) is 9.15 Å². The molecule has 0 bridgehead atoms. The highest BCUT2D eigenvalue weighted by Crippen LogP contribution is 2.29. The average Bonchev–Trinajstić information content (AvgIpc) is 2.92. The third-order valence-electron chi connectivity index (χ3n) is 2.68. The van der Waals surface area contributed by atoms with Crippen LogP contribution in [0.25, 0.3) is 11.3 Å². The van der Waals surface area contributed by atoms with Crippen LogP contribution >= 0.6 is 0 Å². The molecular weight excluding hydrogens is 262 g/mol. The van der Waals surface area contributed by atoms with E-state index in [9.17, 15) is 10.1 Å². The molecule has 0 aliphatic carbocycles. The van der Waals surface area contributed by atoms with Gasteiger partial charge < -0.3 is 14.5 Å². The van der Waals surface area contributed by atoms with Gasteiger partial charge in [0, 0.05) is 19.7 Å². The van der Waals surface area contributed by atoms with E-state index in [0.717, 1.165) is 0 Å². The van der Waals surface area contributed by atoms with Gasteiger partial charge in [-0.25, -0.2) is 4.98 Å². The molecule has 2 rings (SSSR count). The Morgan fingerprint density at radius 1 is 1.45 bits per heavy atom. The summed E-state index contributed by atoms with van der Waals surface area (Å²) < 4.78 is 10.4. The summed E-state index contributed by atoms with van der Waals surface area (Å²) in [6.45, 7) is 1.72. The number of nitro groups is 1. The van der Waals surface area contributed by atoms with Crippen LogP contribution in [0.4, 0.5) is 5.69 Å². The number of rotatable bonds is 7. The Balaban J connectivity index is 2.11. The topological polar surface area (TPSA) is 90.4 Å². The zero-order chi connectivity index (χ0) is 14.4. The second kappa shape index (κ2) is 6.78. The highest BCUT2D eigenvalue weighted by atomic mass is 16.6. The molecule has 1 aromatic heterocycles. The van der Waals surface area contributed by atoms with Crippen LogP contribution in [0, 0.1) is 10.1 Å². The van der Waals surface area contributed by atoms with Crippen molar-refractivity contribution in [2.24, 2.45) is 0 Å². The van der Waals surface area contributed by atoms with Gasteiger partial charge in [-0.05, 0) is 6.07 Å². The van der Waals surface area contributed by atoms with E-state index in [1.54, 1.807) is 25.3 Å². The normalized spacial score (nSPS) is 10.7. The number of methoxy groups -OCH3 is 1. The van der Waals surface area contributed by atoms with Gasteiger partial charge in [0.05, 0.1) is 29.8 Å². The molecule has 1 aromatic carbocycles. The summed E-state index contributed by atoms with van der Waals surface area (Å²) in [5.74, 6) is 0.870. The molecular formula is C13H15N3O4. The molecule has 0 aliphatic heterocycles. The van der Waals surface area contributed by atoms with Gasteiger partial charge in [-0.15, -0.1) is 0 Å². The van der Waals surface area contributed by atoms with Gasteiger partial charge in [-0.2, -0.15) is 0 Å². The van der Waals surface area contributed by atoms with Crippen molar-refractivity contribution < 1.29 is 14.1 Å². The fraction of sp³-hybridized carbons (Fsp3) is 0.308. The molecule has 0 radical (unpaired) electrons. The number of benzene rings is 1. The Morgan fingerprint density at radius 2 is 2.25 bits per heavy atom. The van der Waals surface area contributed by atoms with E-state index in [-0.39, 0.29) is 5.69 Å². The molecule has 0 fully saturated rings. The zero-order valence-corrected chi connectivity index (χ0v) is 11.0. The van der Waals surface area contributed by atoms with Crippen LogP contribution in [0.3, 0.4) is 0 Å². The highest BCUT2D eigenvalue weighted by molar-refractivity contribution is 5.68. The molecule has 1 N–H and O–H groups in total. The lowest BCUT2D eigenvalue weighted by Crippen LogP contribution is -2.18. The van der Waals surface area contributed by atoms with Crippen molar-refractivity contribution in [3.05, 3.63) is 46.5 Å². The molecule has 0 saturated heterocycles. The van der Waals surface area contributed by atoms with Gasteiger partial charge in [-0.1, -0.05) is 12.1 Å². The van der Waals surface area contributed by atoms with Gasteiger partial charge >= 0.3 is 0 Å². The van der Waals surface area contributed by atoms with Crippen molar-refractivity contribution in [3.8, 4) is 11.3 Å². The molecule has 0 spiro atoms. The first-order chi connectivity index (χ1) is 9.72. The maximum atomic E-state index is 11.0. The van der Waals surface area contributed by atoms with E-state index < -0.39 is 4.92 Å². The average molecular weight is 277 g/mol. The molecule has 1 heterocycles. The van der Waals surface area contributed by atoms with Gasteiger partial charge in [0.25, 0.3) is 5.69 Å². The number of ether oxygens (including phenoxy) is 1. The maximum Gasteiger partial charge on any atom is 0.280 e. The molecule has 0 amide bonds. The first-order valence-electron chi connectivity index (χ1n) is 6.10. The van der Waals surface area contributed by atoms with Crippen LogP contribution < -0.4 is 5.32 Å². The monoisotopic (exact) mass is 277 g/mol. The zero-order valence-electron chi connectivity index (χ0n) is 11.0. The lowest BCUT2D eigenvalue weighted by atomic mass is 10.1. The quantitative estimate of drug-likeness (QED) is 0.473.